The molecule has 1 saturated heterocycles. The smallest absolute Gasteiger partial charge is 0.295 e. The first-order chi connectivity index (χ1) is 16.5. The number of hydrogen-bond donors (Lipinski definition) is 2. The van der Waals surface area contributed by atoms with Crippen LogP contribution in [-0.2, 0) is 4.79 Å². The van der Waals surface area contributed by atoms with Crippen LogP contribution in [-0.4, -0.2) is 46.2 Å². The fourth-order valence-corrected chi connectivity index (χ4v) is 4.63. The van der Waals surface area contributed by atoms with E-state index in [-0.39, 0.29) is 18.3 Å². The highest BCUT2D eigenvalue weighted by Crippen LogP contribution is 2.30. The van der Waals surface area contributed by atoms with Crippen molar-refractivity contribution in [3.8, 4) is 16.4 Å². The second-order valence-corrected chi connectivity index (χ2v) is 8.87. The summed E-state index contributed by atoms with van der Waals surface area (Å²) in [7, 11) is 0. The number of carbonyl (C=O) groups excluding carboxylic acids is 2. The maximum Gasteiger partial charge on any atom is 0.295 e. The number of nitrogens with one attached hydrogen (secondary N) is 2. The van der Waals surface area contributed by atoms with Gasteiger partial charge in [0.15, 0.2) is 5.82 Å². The summed E-state index contributed by atoms with van der Waals surface area (Å²) >= 11 is 7.87. The predicted molar refractivity (Wildman–Crippen MR) is 129 cm³/mol. The lowest BCUT2D eigenvalue weighted by atomic mass is 10.2. The molecule has 5 rings (SSSR count). The number of halogens is 2. The maximum atomic E-state index is 13.8. The highest BCUT2D eigenvalue weighted by Gasteiger charge is 2.22. The van der Waals surface area contributed by atoms with Gasteiger partial charge in [-0.25, -0.2) is 14.1 Å². The molecule has 172 valence electrons. The van der Waals surface area contributed by atoms with Gasteiger partial charge in [-0.05, 0) is 47.8 Å². The van der Waals surface area contributed by atoms with Crippen molar-refractivity contribution in [1.82, 2.24) is 20.1 Å². The van der Waals surface area contributed by atoms with Gasteiger partial charge in [0, 0.05) is 18.8 Å². The Hall–Kier alpha value is -3.76. The molecule has 0 spiro atoms. The molecule has 2 N–H and O–H groups in total. The summed E-state index contributed by atoms with van der Waals surface area (Å²) in [6, 6.07) is 14.7. The molecular weight excluding hydrogens is 479 g/mol. The minimum atomic E-state index is -0.533. The largest absolute Gasteiger partial charge is 0.359 e. The van der Waals surface area contributed by atoms with Crippen LogP contribution in [0, 0.1) is 5.82 Å². The topological polar surface area (TPSA) is 92.2 Å². The lowest BCUT2D eigenvalue weighted by molar-refractivity contribution is -0.120. The summed E-state index contributed by atoms with van der Waals surface area (Å²) in [5.74, 6) is -0.657. The molecule has 0 saturated carbocycles. The van der Waals surface area contributed by atoms with Crippen LogP contribution in [0.4, 0.5) is 15.8 Å². The summed E-state index contributed by atoms with van der Waals surface area (Å²) in [6.45, 7) is 1.41. The number of anilines is 2. The average Bonchev–Trinajstić information content (AvgIpc) is 3.49. The molecule has 1 fully saturated rings. The standard InChI is InChI=1S/C23H18ClFN6O2S/c24-17-12-15(6-7-18(17)30-9-8-26-20(32)13-30)27-23(33)21-28-22(19-5-2-10-34-19)31(29-21)16-4-1-3-14(25)11-16/h1-7,10-12H,8-9,13H2,(H,26,32)(H,27,33). The monoisotopic (exact) mass is 496 g/mol. The van der Waals surface area contributed by atoms with E-state index in [0.29, 0.717) is 41.0 Å². The molecule has 0 unspecified atom stereocenters. The molecule has 0 atom stereocenters. The van der Waals surface area contributed by atoms with E-state index in [1.165, 1.54) is 28.2 Å². The minimum Gasteiger partial charge on any atom is -0.359 e. The Labute approximate surface area is 203 Å². The van der Waals surface area contributed by atoms with Gasteiger partial charge < -0.3 is 15.5 Å². The molecule has 2 amide bonds. The van der Waals surface area contributed by atoms with E-state index in [9.17, 15) is 14.0 Å². The van der Waals surface area contributed by atoms with Crippen molar-refractivity contribution in [3.05, 3.63) is 76.6 Å². The molecule has 8 nitrogen and oxygen atoms in total. The van der Waals surface area contributed by atoms with Gasteiger partial charge >= 0.3 is 0 Å². The van der Waals surface area contributed by atoms with Crippen LogP contribution < -0.4 is 15.5 Å². The van der Waals surface area contributed by atoms with Gasteiger partial charge in [-0.3, -0.25) is 9.59 Å². The van der Waals surface area contributed by atoms with E-state index in [2.05, 4.69) is 20.7 Å². The predicted octanol–water partition coefficient (Wildman–Crippen LogP) is 3.98. The summed E-state index contributed by atoms with van der Waals surface area (Å²) < 4.78 is 15.3. The first-order valence-corrected chi connectivity index (χ1v) is 11.6. The van der Waals surface area contributed by atoms with Crippen LogP contribution in [0.15, 0.2) is 60.0 Å². The van der Waals surface area contributed by atoms with Crippen molar-refractivity contribution in [2.75, 3.05) is 29.9 Å². The Morgan fingerprint density at radius 3 is 2.79 bits per heavy atom. The zero-order valence-electron chi connectivity index (χ0n) is 17.7. The van der Waals surface area contributed by atoms with Gasteiger partial charge in [-0.1, -0.05) is 23.7 Å². The second-order valence-electron chi connectivity index (χ2n) is 7.52. The van der Waals surface area contributed by atoms with Crippen molar-refractivity contribution < 1.29 is 14.0 Å². The third kappa shape index (κ3) is 4.50. The van der Waals surface area contributed by atoms with E-state index < -0.39 is 11.7 Å². The lowest BCUT2D eigenvalue weighted by Gasteiger charge is -2.29. The molecular formula is C23H18ClFN6O2S. The lowest BCUT2D eigenvalue weighted by Crippen LogP contribution is -2.47. The van der Waals surface area contributed by atoms with Crippen molar-refractivity contribution in [3.63, 3.8) is 0 Å². The number of aromatic nitrogens is 3. The first kappa shape index (κ1) is 22.1. The average molecular weight is 497 g/mol. The Morgan fingerprint density at radius 2 is 2.06 bits per heavy atom. The zero-order valence-corrected chi connectivity index (χ0v) is 19.2. The highest BCUT2D eigenvalue weighted by atomic mass is 35.5. The third-order valence-electron chi connectivity index (χ3n) is 5.19. The number of nitrogens with zero attached hydrogens (tertiary/aromatic N) is 4. The molecule has 4 aromatic rings. The summed E-state index contributed by atoms with van der Waals surface area (Å²) in [4.78, 5) is 31.7. The Morgan fingerprint density at radius 1 is 1.18 bits per heavy atom. The molecule has 1 aliphatic heterocycles. The zero-order chi connectivity index (χ0) is 23.7. The molecule has 0 aliphatic carbocycles. The van der Waals surface area contributed by atoms with Crippen LogP contribution >= 0.6 is 22.9 Å². The molecule has 0 radical (unpaired) electrons. The minimum absolute atomic E-state index is 0.0683. The quantitative estimate of drug-likeness (QED) is 0.436. The fourth-order valence-electron chi connectivity index (χ4n) is 3.63. The molecule has 2 aromatic carbocycles. The van der Waals surface area contributed by atoms with E-state index in [1.807, 2.05) is 22.4 Å². The van der Waals surface area contributed by atoms with Crippen LogP contribution in [0.5, 0.6) is 0 Å². The molecule has 3 heterocycles. The molecule has 0 bridgehead atoms. The van der Waals surface area contributed by atoms with Crippen LogP contribution in [0.25, 0.3) is 16.4 Å². The van der Waals surface area contributed by atoms with E-state index in [4.69, 9.17) is 11.6 Å². The maximum absolute atomic E-state index is 13.8. The Balaban J connectivity index is 1.41. The number of thiophene rings is 1. The summed E-state index contributed by atoms with van der Waals surface area (Å²) in [5.41, 5.74) is 1.62. The van der Waals surface area contributed by atoms with Crippen molar-refractivity contribution >= 4 is 46.1 Å². The fraction of sp³-hybridized carbons (Fsp3) is 0.130. The molecule has 2 aromatic heterocycles. The van der Waals surface area contributed by atoms with Gasteiger partial charge in [0.05, 0.1) is 27.8 Å². The van der Waals surface area contributed by atoms with Crippen molar-refractivity contribution in [2.45, 2.75) is 0 Å². The Kier molecular flexibility index (Phi) is 5.99. The van der Waals surface area contributed by atoms with Crippen LogP contribution in [0.1, 0.15) is 10.6 Å². The SMILES string of the molecule is O=C1CN(c2ccc(NC(=O)c3nc(-c4cccs4)n(-c4cccc(F)c4)n3)cc2Cl)CCN1. The number of carbonyl (C=O) groups is 2. The Bertz CT molecular complexity index is 1370. The van der Waals surface area contributed by atoms with E-state index in [0.717, 1.165) is 4.88 Å². The number of benzene rings is 2. The van der Waals surface area contributed by atoms with Crippen molar-refractivity contribution in [1.29, 1.82) is 0 Å². The number of rotatable bonds is 5. The molecule has 34 heavy (non-hydrogen) atoms. The van der Waals surface area contributed by atoms with Gasteiger partial charge in [0.25, 0.3) is 5.91 Å². The normalized spacial score (nSPS) is 13.6. The summed E-state index contributed by atoms with van der Waals surface area (Å²) in [6.07, 6.45) is 0. The number of hydrogen-bond acceptors (Lipinski definition) is 6. The van der Waals surface area contributed by atoms with E-state index in [1.54, 1.807) is 30.3 Å². The number of amides is 2. The van der Waals surface area contributed by atoms with Gasteiger partial charge in [0.1, 0.15) is 5.82 Å². The second kappa shape index (κ2) is 9.24. The highest BCUT2D eigenvalue weighted by molar-refractivity contribution is 7.13. The van der Waals surface area contributed by atoms with E-state index >= 15 is 0 Å². The van der Waals surface area contributed by atoms with Gasteiger partial charge in [-0.15, -0.1) is 16.4 Å². The molecule has 11 heteroatoms. The number of piperazine rings is 1. The van der Waals surface area contributed by atoms with Crippen LogP contribution in [0.3, 0.4) is 0 Å². The van der Waals surface area contributed by atoms with Crippen molar-refractivity contribution in [2.24, 2.45) is 0 Å². The van der Waals surface area contributed by atoms with Crippen LogP contribution in [0.2, 0.25) is 5.02 Å². The van der Waals surface area contributed by atoms with Gasteiger partial charge in [0.2, 0.25) is 11.7 Å². The first-order valence-electron chi connectivity index (χ1n) is 10.4. The van der Waals surface area contributed by atoms with Gasteiger partial charge in [-0.2, -0.15) is 0 Å². The summed E-state index contributed by atoms with van der Waals surface area (Å²) in [5, 5.41) is 12.2. The third-order valence-corrected chi connectivity index (χ3v) is 6.36. The molecule has 1 aliphatic rings.